The number of nitrogens with one attached hydrogen (secondary N) is 1. The highest BCUT2D eigenvalue weighted by Crippen LogP contribution is 2.32. The van der Waals surface area contributed by atoms with Gasteiger partial charge in [-0.05, 0) is 24.0 Å². The molecular formula is C14H15N3. The van der Waals surface area contributed by atoms with Gasteiger partial charge in [-0.2, -0.15) is 0 Å². The molecule has 1 aromatic carbocycles. The van der Waals surface area contributed by atoms with Crippen molar-refractivity contribution in [1.82, 2.24) is 5.32 Å². The summed E-state index contributed by atoms with van der Waals surface area (Å²) in [7, 11) is 3.62. The van der Waals surface area contributed by atoms with Crippen molar-refractivity contribution in [3.05, 3.63) is 46.5 Å². The fraction of sp³-hybridized carbons (Fsp3) is 0.286. The number of benzene rings is 1. The summed E-state index contributed by atoms with van der Waals surface area (Å²) in [6.45, 7) is 4.09. The van der Waals surface area contributed by atoms with Crippen LogP contribution in [0, 0.1) is 0 Å². The molecule has 86 valence electrons. The second-order valence-corrected chi connectivity index (χ2v) is 4.50. The Morgan fingerprint density at radius 2 is 1.88 bits per heavy atom. The standard InChI is InChI=1S/C14H15N3/c1-8-6-9-4-5-10-12(11(9)7-8)14(16-3)17-13(10)15-2/h4-5H,1,6-7H2,2-3H3,(H,15,16,17). The molecule has 2 aliphatic rings. The molecule has 1 N–H and O–H groups in total. The first-order chi connectivity index (χ1) is 8.24. The fourth-order valence-corrected chi connectivity index (χ4v) is 2.69. The smallest absolute Gasteiger partial charge is 0.134 e. The molecule has 0 unspecified atom stereocenters. The van der Waals surface area contributed by atoms with Gasteiger partial charge in [0.25, 0.3) is 0 Å². The predicted molar refractivity (Wildman–Crippen MR) is 71.0 cm³/mol. The molecule has 0 fully saturated rings. The highest BCUT2D eigenvalue weighted by Gasteiger charge is 2.29. The molecule has 0 aromatic heterocycles. The van der Waals surface area contributed by atoms with Gasteiger partial charge in [0.1, 0.15) is 11.7 Å². The van der Waals surface area contributed by atoms with E-state index in [9.17, 15) is 0 Å². The van der Waals surface area contributed by atoms with Crippen molar-refractivity contribution >= 4 is 11.7 Å². The summed E-state index contributed by atoms with van der Waals surface area (Å²) in [6.07, 6.45) is 1.97. The summed E-state index contributed by atoms with van der Waals surface area (Å²) in [6, 6.07) is 4.33. The van der Waals surface area contributed by atoms with E-state index in [-0.39, 0.29) is 0 Å². The SMILES string of the molecule is C=C1Cc2ccc3c(c2C1)/C(=N/C)N/C3=N\C. The van der Waals surface area contributed by atoms with Crippen LogP contribution in [0.5, 0.6) is 0 Å². The topological polar surface area (TPSA) is 36.8 Å². The van der Waals surface area contributed by atoms with E-state index in [0.29, 0.717) is 0 Å². The molecule has 0 amide bonds. The van der Waals surface area contributed by atoms with Gasteiger partial charge in [-0.15, -0.1) is 0 Å². The van der Waals surface area contributed by atoms with Crippen LogP contribution < -0.4 is 5.32 Å². The van der Waals surface area contributed by atoms with Crippen molar-refractivity contribution in [3.63, 3.8) is 0 Å². The Kier molecular flexibility index (Phi) is 2.15. The molecule has 1 aliphatic carbocycles. The minimum absolute atomic E-state index is 0.918. The van der Waals surface area contributed by atoms with E-state index < -0.39 is 0 Å². The Balaban J connectivity index is 2.29. The fourth-order valence-electron chi connectivity index (χ4n) is 2.69. The lowest BCUT2D eigenvalue weighted by Crippen LogP contribution is -2.22. The molecule has 1 aromatic rings. The maximum Gasteiger partial charge on any atom is 0.134 e. The third-order valence-corrected chi connectivity index (χ3v) is 3.45. The highest BCUT2D eigenvalue weighted by molar-refractivity contribution is 6.26. The number of aliphatic imine (C=N–C) groups is 2. The van der Waals surface area contributed by atoms with Crippen molar-refractivity contribution in [2.75, 3.05) is 14.1 Å². The summed E-state index contributed by atoms with van der Waals surface area (Å²) in [5.41, 5.74) is 6.44. The van der Waals surface area contributed by atoms with E-state index in [1.807, 2.05) is 7.05 Å². The van der Waals surface area contributed by atoms with Gasteiger partial charge in [-0.25, -0.2) is 0 Å². The van der Waals surface area contributed by atoms with Gasteiger partial charge >= 0.3 is 0 Å². The maximum absolute atomic E-state index is 4.32. The molecule has 1 heterocycles. The Bertz CT molecular complexity index is 579. The lowest BCUT2D eigenvalue weighted by atomic mass is 9.99. The quantitative estimate of drug-likeness (QED) is 0.670. The highest BCUT2D eigenvalue weighted by atomic mass is 15.1. The van der Waals surface area contributed by atoms with Crippen molar-refractivity contribution in [1.29, 1.82) is 0 Å². The number of rotatable bonds is 0. The van der Waals surface area contributed by atoms with Crippen LogP contribution in [-0.4, -0.2) is 25.8 Å². The molecule has 1 aliphatic heterocycles. The Morgan fingerprint density at radius 3 is 2.59 bits per heavy atom. The Labute approximate surface area is 101 Å². The van der Waals surface area contributed by atoms with E-state index in [0.717, 1.165) is 24.5 Å². The molecular weight excluding hydrogens is 210 g/mol. The molecule has 0 spiro atoms. The summed E-state index contributed by atoms with van der Waals surface area (Å²) >= 11 is 0. The van der Waals surface area contributed by atoms with E-state index in [2.05, 4.69) is 34.0 Å². The van der Waals surface area contributed by atoms with Gasteiger partial charge in [0.2, 0.25) is 0 Å². The van der Waals surface area contributed by atoms with E-state index in [1.165, 1.54) is 27.8 Å². The van der Waals surface area contributed by atoms with Crippen LogP contribution in [0.15, 0.2) is 34.3 Å². The van der Waals surface area contributed by atoms with Crippen LogP contribution in [0.1, 0.15) is 22.3 Å². The molecule has 0 bridgehead atoms. The summed E-state index contributed by atoms with van der Waals surface area (Å²) < 4.78 is 0. The number of hydrogen-bond acceptors (Lipinski definition) is 2. The molecule has 17 heavy (non-hydrogen) atoms. The first-order valence-corrected chi connectivity index (χ1v) is 5.77. The van der Waals surface area contributed by atoms with Gasteiger partial charge in [0.05, 0.1) is 0 Å². The summed E-state index contributed by atoms with van der Waals surface area (Å²) in [5, 5.41) is 3.27. The number of allylic oxidation sites excluding steroid dienone is 1. The van der Waals surface area contributed by atoms with Crippen LogP contribution in [0.2, 0.25) is 0 Å². The van der Waals surface area contributed by atoms with Crippen LogP contribution >= 0.6 is 0 Å². The average Bonchev–Trinajstić information content (AvgIpc) is 2.87. The van der Waals surface area contributed by atoms with Crippen molar-refractivity contribution in [2.24, 2.45) is 9.98 Å². The van der Waals surface area contributed by atoms with Crippen LogP contribution in [0.25, 0.3) is 0 Å². The lowest BCUT2D eigenvalue weighted by molar-refractivity contribution is 1.18. The molecule has 0 atom stereocenters. The van der Waals surface area contributed by atoms with Crippen LogP contribution in [0.3, 0.4) is 0 Å². The summed E-state index contributed by atoms with van der Waals surface area (Å²) in [4.78, 5) is 8.60. The molecule has 3 nitrogen and oxygen atoms in total. The summed E-state index contributed by atoms with van der Waals surface area (Å²) in [5.74, 6) is 1.85. The third kappa shape index (κ3) is 1.35. The van der Waals surface area contributed by atoms with E-state index >= 15 is 0 Å². The molecule has 0 radical (unpaired) electrons. The number of amidine groups is 2. The van der Waals surface area contributed by atoms with Crippen molar-refractivity contribution < 1.29 is 0 Å². The number of fused-ring (bicyclic) bond motifs is 3. The van der Waals surface area contributed by atoms with Crippen LogP contribution in [0.4, 0.5) is 0 Å². The van der Waals surface area contributed by atoms with Crippen LogP contribution in [-0.2, 0) is 12.8 Å². The Hall–Kier alpha value is -1.90. The zero-order valence-corrected chi connectivity index (χ0v) is 10.2. The largest absolute Gasteiger partial charge is 0.325 e. The monoisotopic (exact) mass is 225 g/mol. The van der Waals surface area contributed by atoms with Crippen molar-refractivity contribution in [2.45, 2.75) is 12.8 Å². The van der Waals surface area contributed by atoms with Gasteiger partial charge in [-0.1, -0.05) is 24.3 Å². The minimum atomic E-state index is 0.918. The van der Waals surface area contributed by atoms with Gasteiger partial charge in [0.15, 0.2) is 0 Å². The molecule has 0 saturated heterocycles. The lowest BCUT2D eigenvalue weighted by Gasteiger charge is -2.05. The third-order valence-electron chi connectivity index (χ3n) is 3.45. The second kappa shape index (κ2) is 3.55. The number of nitrogens with zero attached hydrogens (tertiary/aromatic N) is 2. The normalized spacial score (nSPS) is 21.9. The zero-order valence-electron chi connectivity index (χ0n) is 10.2. The maximum atomic E-state index is 4.32. The first kappa shape index (κ1) is 10.3. The second-order valence-electron chi connectivity index (χ2n) is 4.50. The predicted octanol–water partition coefficient (Wildman–Crippen LogP) is 1.70. The van der Waals surface area contributed by atoms with E-state index in [1.54, 1.807) is 7.05 Å². The van der Waals surface area contributed by atoms with E-state index in [4.69, 9.17) is 0 Å². The van der Waals surface area contributed by atoms with Gasteiger partial charge in [-0.3, -0.25) is 9.98 Å². The first-order valence-electron chi connectivity index (χ1n) is 5.77. The average molecular weight is 225 g/mol. The van der Waals surface area contributed by atoms with Crippen molar-refractivity contribution in [3.8, 4) is 0 Å². The molecule has 3 heteroatoms. The van der Waals surface area contributed by atoms with Gasteiger partial charge < -0.3 is 5.32 Å². The molecule has 3 rings (SSSR count). The van der Waals surface area contributed by atoms with Gasteiger partial charge in [0, 0.05) is 25.2 Å². The Morgan fingerprint density at radius 1 is 1.12 bits per heavy atom. The minimum Gasteiger partial charge on any atom is -0.325 e. The zero-order chi connectivity index (χ0) is 12.0. The molecule has 0 saturated carbocycles. The number of hydrogen-bond donors (Lipinski definition) is 1.